The standard InChI is InChI=1S/C16H14F2N2OS2/c1-21-13-8-11(5-6-14(13)23-15(17)18)10-22-16-19-9-12-4-2-3-7-20(12)16/h2-9,15H,10H2,1H3. The van der Waals surface area contributed by atoms with E-state index in [4.69, 9.17) is 4.74 Å². The summed E-state index contributed by atoms with van der Waals surface area (Å²) in [4.78, 5) is 4.85. The van der Waals surface area contributed by atoms with Crippen LogP contribution in [0.15, 0.2) is 58.8 Å². The second kappa shape index (κ2) is 7.23. The Labute approximate surface area is 141 Å². The molecule has 2 heterocycles. The maximum absolute atomic E-state index is 12.5. The number of aromatic nitrogens is 2. The van der Waals surface area contributed by atoms with Crippen molar-refractivity contribution in [1.29, 1.82) is 0 Å². The van der Waals surface area contributed by atoms with E-state index in [1.54, 1.807) is 23.9 Å². The lowest BCUT2D eigenvalue weighted by molar-refractivity contribution is 0.251. The molecule has 0 amide bonds. The Kier molecular flexibility index (Phi) is 5.07. The smallest absolute Gasteiger partial charge is 0.289 e. The maximum Gasteiger partial charge on any atom is 0.289 e. The molecular weight excluding hydrogens is 338 g/mol. The van der Waals surface area contributed by atoms with Crippen LogP contribution in [0, 0.1) is 0 Å². The molecule has 0 unspecified atom stereocenters. The van der Waals surface area contributed by atoms with E-state index in [-0.39, 0.29) is 0 Å². The third kappa shape index (κ3) is 3.79. The minimum atomic E-state index is -2.46. The maximum atomic E-state index is 12.5. The molecule has 3 rings (SSSR count). The fraction of sp³-hybridized carbons (Fsp3) is 0.188. The third-order valence-corrected chi connectivity index (χ3v) is 5.02. The zero-order chi connectivity index (χ0) is 16.2. The van der Waals surface area contributed by atoms with E-state index in [0.29, 0.717) is 28.2 Å². The number of rotatable bonds is 6. The summed E-state index contributed by atoms with van der Waals surface area (Å²) >= 11 is 2.08. The number of methoxy groups -OCH3 is 1. The Bertz CT molecular complexity index is 808. The van der Waals surface area contributed by atoms with Crippen molar-refractivity contribution < 1.29 is 13.5 Å². The highest BCUT2D eigenvalue weighted by molar-refractivity contribution is 7.99. The molecule has 0 bridgehead atoms. The number of hydrogen-bond acceptors (Lipinski definition) is 4. The van der Waals surface area contributed by atoms with Gasteiger partial charge in [-0.3, -0.25) is 4.40 Å². The summed E-state index contributed by atoms with van der Waals surface area (Å²) in [5, 5.41) is 0.894. The summed E-state index contributed by atoms with van der Waals surface area (Å²) in [6, 6.07) is 11.2. The number of ether oxygens (including phenoxy) is 1. The van der Waals surface area contributed by atoms with Gasteiger partial charge in [0.05, 0.1) is 23.7 Å². The molecule has 0 spiro atoms. The number of imidazole rings is 1. The van der Waals surface area contributed by atoms with Crippen LogP contribution >= 0.6 is 23.5 Å². The fourth-order valence-electron chi connectivity index (χ4n) is 2.17. The number of pyridine rings is 1. The Balaban J connectivity index is 1.75. The highest BCUT2D eigenvalue weighted by Gasteiger charge is 2.12. The van der Waals surface area contributed by atoms with E-state index in [9.17, 15) is 8.78 Å². The van der Waals surface area contributed by atoms with E-state index in [1.807, 2.05) is 41.1 Å². The van der Waals surface area contributed by atoms with Gasteiger partial charge in [0.25, 0.3) is 5.76 Å². The number of benzene rings is 1. The van der Waals surface area contributed by atoms with Gasteiger partial charge in [0.2, 0.25) is 0 Å². The first-order chi connectivity index (χ1) is 11.2. The SMILES string of the molecule is COc1cc(CSc2ncc3ccccn23)ccc1SC(F)F. The van der Waals surface area contributed by atoms with Crippen LogP contribution in [0.5, 0.6) is 5.75 Å². The van der Waals surface area contributed by atoms with Gasteiger partial charge in [-0.25, -0.2) is 4.98 Å². The zero-order valence-corrected chi connectivity index (χ0v) is 13.9. The van der Waals surface area contributed by atoms with Crippen LogP contribution in [0.4, 0.5) is 8.78 Å². The number of nitrogens with zero attached hydrogens (tertiary/aromatic N) is 2. The minimum absolute atomic E-state index is 0.447. The number of halogens is 2. The average molecular weight is 352 g/mol. The predicted molar refractivity (Wildman–Crippen MR) is 89.6 cm³/mol. The Morgan fingerprint density at radius 1 is 1.26 bits per heavy atom. The molecule has 0 radical (unpaired) electrons. The van der Waals surface area contributed by atoms with Gasteiger partial charge in [-0.2, -0.15) is 8.78 Å². The van der Waals surface area contributed by atoms with Crippen molar-refractivity contribution in [3.05, 3.63) is 54.4 Å². The summed E-state index contributed by atoms with van der Waals surface area (Å²) in [6.07, 6.45) is 3.79. The molecule has 3 nitrogen and oxygen atoms in total. The second-order valence-electron chi connectivity index (χ2n) is 4.69. The first-order valence-corrected chi connectivity index (χ1v) is 8.70. The Hall–Kier alpha value is -1.73. The number of hydrogen-bond donors (Lipinski definition) is 0. The first-order valence-electron chi connectivity index (χ1n) is 6.84. The monoisotopic (exact) mass is 352 g/mol. The molecule has 7 heteroatoms. The lowest BCUT2D eigenvalue weighted by Gasteiger charge is -2.10. The third-order valence-electron chi connectivity index (χ3n) is 3.22. The topological polar surface area (TPSA) is 26.5 Å². The molecular formula is C16H14F2N2OS2. The molecule has 1 aromatic carbocycles. The lowest BCUT2D eigenvalue weighted by atomic mass is 10.2. The molecule has 0 fully saturated rings. The molecule has 23 heavy (non-hydrogen) atoms. The first kappa shape index (κ1) is 16.1. The van der Waals surface area contributed by atoms with Gasteiger partial charge in [0.1, 0.15) is 5.75 Å². The van der Waals surface area contributed by atoms with E-state index < -0.39 is 5.76 Å². The van der Waals surface area contributed by atoms with E-state index in [0.717, 1.165) is 16.2 Å². The summed E-state index contributed by atoms with van der Waals surface area (Å²) in [7, 11) is 1.49. The highest BCUT2D eigenvalue weighted by atomic mass is 32.2. The van der Waals surface area contributed by atoms with E-state index in [2.05, 4.69) is 4.98 Å². The van der Waals surface area contributed by atoms with Crippen LogP contribution in [-0.2, 0) is 5.75 Å². The number of thioether (sulfide) groups is 2. The molecule has 0 saturated carbocycles. The molecule has 0 aliphatic carbocycles. The van der Waals surface area contributed by atoms with Crippen LogP contribution < -0.4 is 4.74 Å². The lowest BCUT2D eigenvalue weighted by Crippen LogP contribution is -1.92. The zero-order valence-electron chi connectivity index (χ0n) is 12.3. The van der Waals surface area contributed by atoms with Gasteiger partial charge in [-0.1, -0.05) is 35.7 Å². The number of fused-ring (bicyclic) bond motifs is 1. The van der Waals surface area contributed by atoms with Crippen molar-refractivity contribution in [3.63, 3.8) is 0 Å². The van der Waals surface area contributed by atoms with Crippen molar-refractivity contribution in [1.82, 2.24) is 9.38 Å². The van der Waals surface area contributed by atoms with Crippen LogP contribution in [0.3, 0.4) is 0 Å². The van der Waals surface area contributed by atoms with Crippen LogP contribution in [0.25, 0.3) is 5.52 Å². The molecule has 2 aromatic heterocycles. The second-order valence-corrected chi connectivity index (χ2v) is 6.66. The number of alkyl halides is 2. The van der Waals surface area contributed by atoms with Gasteiger partial charge in [0.15, 0.2) is 5.16 Å². The Morgan fingerprint density at radius 2 is 2.13 bits per heavy atom. The van der Waals surface area contributed by atoms with Crippen molar-refractivity contribution in [2.75, 3.05) is 7.11 Å². The summed E-state index contributed by atoms with van der Waals surface area (Å²) in [5.74, 6) is -1.30. The van der Waals surface area contributed by atoms with E-state index >= 15 is 0 Å². The normalized spacial score (nSPS) is 11.3. The Morgan fingerprint density at radius 3 is 2.91 bits per heavy atom. The molecule has 0 aliphatic rings. The van der Waals surface area contributed by atoms with Crippen LogP contribution in [-0.4, -0.2) is 22.3 Å². The van der Waals surface area contributed by atoms with Crippen molar-refractivity contribution >= 4 is 29.0 Å². The molecule has 0 aliphatic heterocycles. The average Bonchev–Trinajstić information content (AvgIpc) is 2.96. The van der Waals surface area contributed by atoms with Crippen LogP contribution in [0.2, 0.25) is 0 Å². The molecule has 120 valence electrons. The van der Waals surface area contributed by atoms with Crippen molar-refractivity contribution in [2.24, 2.45) is 0 Å². The quantitative estimate of drug-likeness (QED) is 0.587. The van der Waals surface area contributed by atoms with Crippen LogP contribution in [0.1, 0.15) is 5.56 Å². The van der Waals surface area contributed by atoms with Gasteiger partial charge < -0.3 is 4.74 Å². The van der Waals surface area contributed by atoms with Gasteiger partial charge in [-0.05, 0) is 29.8 Å². The molecule has 0 N–H and O–H groups in total. The minimum Gasteiger partial charge on any atom is -0.496 e. The van der Waals surface area contributed by atoms with Crippen molar-refractivity contribution in [3.8, 4) is 5.75 Å². The molecule has 0 atom stereocenters. The summed E-state index contributed by atoms with van der Waals surface area (Å²) in [5.41, 5.74) is 2.04. The van der Waals surface area contributed by atoms with Gasteiger partial charge in [-0.15, -0.1) is 0 Å². The van der Waals surface area contributed by atoms with Gasteiger partial charge >= 0.3 is 0 Å². The van der Waals surface area contributed by atoms with Gasteiger partial charge in [0, 0.05) is 11.9 Å². The molecule has 3 aromatic rings. The predicted octanol–water partition coefficient (Wildman–Crippen LogP) is 4.95. The largest absolute Gasteiger partial charge is 0.496 e. The summed E-state index contributed by atoms with van der Waals surface area (Å²) in [6.45, 7) is 0. The highest BCUT2D eigenvalue weighted by Crippen LogP contribution is 2.35. The van der Waals surface area contributed by atoms with E-state index in [1.165, 1.54) is 7.11 Å². The summed E-state index contributed by atoms with van der Waals surface area (Å²) < 4.78 is 32.3. The fourth-order valence-corrected chi connectivity index (χ4v) is 3.67. The molecule has 0 saturated heterocycles. The van der Waals surface area contributed by atoms with Crippen molar-refractivity contribution in [2.45, 2.75) is 21.6 Å².